The molecule has 6 rings (SSSR count). The van der Waals surface area contributed by atoms with Gasteiger partial charge in [-0.3, -0.25) is 19.3 Å². The molecular formula is C31H24F3N5O3S. The van der Waals surface area contributed by atoms with Crippen LogP contribution in [-0.4, -0.2) is 38.1 Å². The highest BCUT2D eigenvalue weighted by Crippen LogP contribution is 2.43. The number of para-hydroxylation sites is 2. The van der Waals surface area contributed by atoms with Crippen LogP contribution >= 0.6 is 11.5 Å². The van der Waals surface area contributed by atoms with Crippen LogP contribution in [0.5, 0.6) is 0 Å². The van der Waals surface area contributed by atoms with Crippen molar-refractivity contribution < 1.29 is 22.8 Å². The van der Waals surface area contributed by atoms with Crippen LogP contribution in [0.4, 0.5) is 19.0 Å². The fourth-order valence-electron chi connectivity index (χ4n) is 5.44. The third kappa shape index (κ3) is 5.03. The minimum absolute atomic E-state index is 0.235. The Balaban J connectivity index is 1.53. The van der Waals surface area contributed by atoms with Gasteiger partial charge in [-0.15, -0.1) is 0 Å². The number of aromatic nitrogens is 3. The molecule has 2 aromatic heterocycles. The number of nitrogens with zero attached hydrogens (tertiary/aromatic N) is 4. The Labute approximate surface area is 247 Å². The molecule has 2 amide bonds. The number of hydrogen-bond donors (Lipinski definition) is 1. The van der Waals surface area contributed by atoms with Crippen LogP contribution in [0.15, 0.2) is 101 Å². The van der Waals surface area contributed by atoms with E-state index in [1.54, 1.807) is 47.4 Å². The average Bonchev–Trinajstić information content (AvgIpc) is 3.64. The van der Waals surface area contributed by atoms with E-state index in [0.29, 0.717) is 28.3 Å². The van der Waals surface area contributed by atoms with Crippen molar-refractivity contribution in [2.45, 2.75) is 25.1 Å². The van der Waals surface area contributed by atoms with E-state index in [9.17, 15) is 27.6 Å². The normalized spacial score (nSPS) is 16.7. The van der Waals surface area contributed by atoms with Gasteiger partial charge in [0.25, 0.3) is 17.4 Å². The zero-order chi connectivity index (χ0) is 30.3. The first-order chi connectivity index (χ1) is 20.7. The van der Waals surface area contributed by atoms with E-state index in [1.165, 1.54) is 32.5 Å². The van der Waals surface area contributed by atoms with E-state index in [-0.39, 0.29) is 17.7 Å². The highest BCUT2D eigenvalue weighted by Gasteiger charge is 2.45. The SMILES string of the molecule is CCN1C(=O)[C@H](NC(=O)c2cccc(C(F)(F)F)c2)[C@@H](c2ccccc2-n2sccc2=O)c2cnn(-c3ccccc3)c21. The van der Waals surface area contributed by atoms with Crippen LogP contribution in [0.25, 0.3) is 11.4 Å². The summed E-state index contributed by atoms with van der Waals surface area (Å²) >= 11 is 1.18. The Morgan fingerprint density at radius 1 is 0.953 bits per heavy atom. The molecule has 0 spiro atoms. The third-order valence-electron chi connectivity index (χ3n) is 7.35. The monoisotopic (exact) mass is 603 g/mol. The molecule has 1 N–H and O–H groups in total. The van der Waals surface area contributed by atoms with Crippen molar-refractivity contribution >= 4 is 29.2 Å². The lowest BCUT2D eigenvalue weighted by atomic mass is 9.81. The highest BCUT2D eigenvalue weighted by molar-refractivity contribution is 7.04. The number of likely N-dealkylation sites (N-methyl/N-ethyl adjacent to an activating group) is 1. The summed E-state index contributed by atoms with van der Waals surface area (Å²) in [6.45, 7) is 2.02. The van der Waals surface area contributed by atoms with Gasteiger partial charge >= 0.3 is 6.18 Å². The maximum atomic E-state index is 14.3. The second-order valence-electron chi connectivity index (χ2n) is 9.86. The summed E-state index contributed by atoms with van der Waals surface area (Å²) in [6, 6.07) is 20.6. The lowest BCUT2D eigenvalue weighted by Gasteiger charge is -2.38. The van der Waals surface area contributed by atoms with Crippen molar-refractivity contribution in [2.24, 2.45) is 0 Å². The molecule has 43 heavy (non-hydrogen) atoms. The van der Waals surface area contributed by atoms with Gasteiger partial charge in [0, 0.05) is 35.0 Å². The minimum Gasteiger partial charge on any atom is -0.339 e. The molecule has 0 bridgehead atoms. The molecule has 2 atom stereocenters. The third-order valence-corrected chi connectivity index (χ3v) is 8.20. The van der Waals surface area contributed by atoms with Crippen molar-refractivity contribution in [3.8, 4) is 11.4 Å². The summed E-state index contributed by atoms with van der Waals surface area (Å²) in [6.07, 6.45) is -3.02. The molecule has 0 unspecified atom stereocenters. The van der Waals surface area contributed by atoms with E-state index in [2.05, 4.69) is 10.4 Å². The topological polar surface area (TPSA) is 89.2 Å². The van der Waals surface area contributed by atoms with Crippen molar-refractivity contribution in [1.82, 2.24) is 19.1 Å². The summed E-state index contributed by atoms with van der Waals surface area (Å²) in [5.74, 6) is -1.63. The Morgan fingerprint density at radius 2 is 1.70 bits per heavy atom. The van der Waals surface area contributed by atoms with Crippen molar-refractivity contribution in [2.75, 3.05) is 11.4 Å². The highest BCUT2D eigenvalue weighted by atomic mass is 32.1. The van der Waals surface area contributed by atoms with Gasteiger partial charge in [0.1, 0.15) is 11.9 Å². The number of fused-ring (bicyclic) bond motifs is 1. The molecule has 0 saturated heterocycles. The zero-order valence-corrected chi connectivity index (χ0v) is 23.5. The zero-order valence-electron chi connectivity index (χ0n) is 22.7. The molecule has 12 heteroatoms. The molecule has 1 aliphatic rings. The van der Waals surface area contributed by atoms with E-state index >= 15 is 0 Å². The number of benzene rings is 3. The Kier molecular flexibility index (Phi) is 7.22. The van der Waals surface area contributed by atoms with Crippen LogP contribution in [0.1, 0.15) is 39.9 Å². The van der Waals surface area contributed by atoms with Gasteiger partial charge in [-0.2, -0.15) is 18.3 Å². The number of hydrogen-bond acceptors (Lipinski definition) is 5. The quantitative estimate of drug-likeness (QED) is 0.282. The second-order valence-corrected chi connectivity index (χ2v) is 10.7. The Bertz CT molecular complexity index is 1880. The van der Waals surface area contributed by atoms with E-state index in [4.69, 9.17) is 0 Å². The van der Waals surface area contributed by atoms with E-state index < -0.39 is 35.5 Å². The number of amides is 2. The fourth-order valence-corrected chi connectivity index (χ4v) is 6.18. The molecule has 218 valence electrons. The number of carbonyl (C=O) groups is 2. The summed E-state index contributed by atoms with van der Waals surface area (Å²) in [5.41, 5.74) is 0.925. The van der Waals surface area contributed by atoms with Crippen LogP contribution < -0.4 is 15.8 Å². The Morgan fingerprint density at radius 3 is 2.40 bits per heavy atom. The number of halogens is 3. The van der Waals surface area contributed by atoms with Crippen molar-refractivity contribution in [3.05, 3.63) is 129 Å². The number of rotatable bonds is 6. The molecule has 0 fully saturated rings. The van der Waals surface area contributed by atoms with Gasteiger partial charge in [-0.05, 0) is 48.9 Å². The van der Waals surface area contributed by atoms with Gasteiger partial charge < -0.3 is 5.32 Å². The maximum Gasteiger partial charge on any atom is 0.416 e. The first kappa shape index (κ1) is 28.2. The standard InChI is InChI=1S/C31H24F3N5O3S/c1-2-37-29-23(18-35-38(29)21-11-4-3-5-12-21)26(22-13-6-7-14-24(22)39-25(40)15-16-43-39)27(30(37)42)36-28(41)19-9-8-10-20(17-19)31(32,33)34/h3-18,26-27H,2H2,1H3,(H,36,41)/t26-,27+/m0/s1. The number of anilines is 1. The average molecular weight is 604 g/mol. The van der Waals surface area contributed by atoms with Crippen LogP contribution in [0.3, 0.4) is 0 Å². The molecule has 0 saturated carbocycles. The van der Waals surface area contributed by atoms with E-state index in [0.717, 1.165) is 18.2 Å². The molecule has 5 aromatic rings. The summed E-state index contributed by atoms with van der Waals surface area (Å²) in [4.78, 5) is 42.0. The molecule has 3 aromatic carbocycles. The number of carbonyl (C=O) groups excluding carboxylic acids is 2. The predicted octanol–water partition coefficient (Wildman–Crippen LogP) is 5.40. The van der Waals surface area contributed by atoms with Crippen molar-refractivity contribution in [1.29, 1.82) is 0 Å². The van der Waals surface area contributed by atoms with Gasteiger partial charge in [-0.1, -0.05) is 54.0 Å². The van der Waals surface area contributed by atoms with Gasteiger partial charge in [0.15, 0.2) is 0 Å². The predicted molar refractivity (Wildman–Crippen MR) is 156 cm³/mol. The minimum atomic E-state index is -4.65. The number of alkyl halides is 3. The molecular weight excluding hydrogens is 579 g/mol. The van der Waals surface area contributed by atoms with E-state index in [1.807, 2.05) is 30.3 Å². The first-order valence-electron chi connectivity index (χ1n) is 13.4. The second kappa shape index (κ2) is 11.0. The van der Waals surface area contributed by atoms with Crippen LogP contribution in [-0.2, 0) is 11.0 Å². The van der Waals surface area contributed by atoms with Crippen LogP contribution in [0.2, 0.25) is 0 Å². The fraction of sp³-hybridized carbons (Fsp3) is 0.161. The van der Waals surface area contributed by atoms with Gasteiger partial charge in [-0.25, -0.2) is 8.64 Å². The lowest BCUT2D eigenvalue weighted by molar-refractivity contribution is -0.137. The summed E-state index contributed by atoms with van der Waals surface area (Å²) in [7, 11) is 0. The first-order valence-corrected chi connectivity index (χ1v) is 14.2. The molecule has 0 radical (unpaired) electrons. The Hall–Kier alpha value is -4.97. The maximum absolute atomic E-state index is 14.3. The summed E-state index contributed by atoms with van der Waals surface area (Å²) < 4.78 is 43.4. The molecule has 8 nitrogen and oxygen atoms in total. The lowest BCUT2D eigenvalue weighted by Crippen LogP contribution is -2.55. The van der Waals surface area contributed by atoms with Gasteiger partial charge in [0.2, 0.25) is 0 Å². The molecule has 3 heterocycles. The van der Waals surface area contributed by atoms with Crippen molar-refractivity contribution in [3.63, 3.8) is 0 Å². The molecule has 0 aliphatic carbocycles. The largest absolute Gasteiger partial charge is 0.416 e. The smallest absolute Gasteiger partial charge is 0.339 e. The number of nitrogens with one attached hydrogen (secondary N) is 1. The molecule has 1 aliphatic heterocycles. The van der Waals surface area contributed by atoms with Crippen LogP contribution in [0, 0.1) is 0 Å². The van der Waals surface area contributed by atoms with Gasteiger partial charge in [0.05, 0.1) is 23.1 Å². The summed E-state index contributed by atoms with van der Waals surface area (Å²) in [5, 5.41) is 9.00.